The lowest BCUT2D eigenvalue weighted by molar-refractivity contribution is 0.918. The minimum atomic E-state index is 0.964. The van der Waals surface area contributed by atoms with Crippen molar-refractivity contribution in [2.75, 3.05) is 0 Å². The van der Waals surface area contributed by atoms with Crippen molar-refractivity contribution in [3.05, 3.63) is 78.6 Å². The van der Waals surface area contributed by atoms with Gasteiger partial charge in [-0.2, -0.15) is 0 Å². The lowest BCUT2D eigenvalue weighted by Gasteiger charge is -2.01. The van der Waals surface area contributed by atoms with E-state index in [9.17, 15) is 0 Å². The number of nitrogens with zero attached hydrogens (tertiary/aromatic N) is 2. The minimum Gasteiger partial charge on any atom is -0.350 e. The van der Waals surface area contributed by atoms with Gasteiger partial charge in [0.15, 0.2) is 0 Å². The predicted octanol–water partition coefficient (Wildman–Crippen LogP) is 4.44. The summed E-state index contributed by atoms with van der Waals surface area (Å²) >= 11 is 0. The number of aromatic nitrogens is 1. The van der Waals surface area contributed by atoms with Gasteiger partial charge in [0.2, 0.25) is 0 Å². The molecule has 1 aromatic heterocycles. The van der Waals surface area contributed by atoms with E-state index in [-0.39, 0.29) is 0 Å². The maximum Gasteiger partial charge on any atom is 0.0630 e. The topological polar surface area (TPSA) is 17.3 Å². The standard InChI is InChI=1S/C18H16N2/c1-20-13-5-8-18(20)14-19-17-11-9-16(10-12-17)15-6-3-2-4-7-15/h2-14H,1H3. The number of benzene rings is 2. The highest BCUT2D eigenvalue weighted by Gasteiger charge is 1.96. The Labute approximate surface area is 119 Å². The van der Waals surface area contributed by atoms with Crippen molar-refractivity contribution in [3.8, 4) is 11.1 Å². The van der Waals surface area contributed by atoms with Crippen LogP contribution in [0.15, 0.2) is 77.9 Å². The van der Waals surface area contributed by atoms with Gasteiger partial charge in [-0.3, -0.25) is 4.99 Å². The van der Waals surface area contributed by atoms with E-state index in [0.717, 1.165) is 11.4 Å². The smallest absolute Gasteiger partial charge is 0.0630 e. The molecule has 0 aliphatic rings. The molecule has 0 fully saturated rings. The Morgan fingerprint density at radius 3 is 2.15 bits per heavy atom. The fraction of sp³-hybridized carbons (Fsp3) is 0.0556. The summed E-state index contributed by atoms with van der Waals surface area (Å²) in [5.41, 5.74) is 4.50. The summed E-state index contributed by atoms with van der Waals surface area (Å²) in [6.07, 6.45) is 3.90. The molecule has 2 nitrogen and oxygen atoms in total. The molecule has 2 aromatic carbocycles. The van der Waals surface area contributed by atoms with Gasteiger partial charge in [-0.25, -0.2) is 0 Å². The zero-order chi connectivity index (χ0) is 13.8. The van der Waals surface area contributed by atoms with Gasteiger partial charge in [0.05, 0.1) is 17.6 Å². The van der Waals surface area contributed by atoms with Crippen LogP contribution in [0, 0.1) is 0 Å². The number of aryl methyl sites for hydroxylation is 1. The molecule has 0 N–H and O–H groups in total. The highest BCUT2D eigenvalue weighted by molar-refractivity contribution is 5.80. The van der Waals surface area contributed by atoms with E-state index >= 15 is 0 Å². The zero-order valence-electron chi connectivity index (χ0n) is 11.4. The normalized spacial score (nSPS) is 11.1. The van der Waals surface area contributed by atoms with Crippen molar-refractivity contribution < 1.29 is 0 Å². The van der Waals surface area contributed by atoms with Gasteiger partial charge in [-0.15, -0.1) is 0 Å². The lowest BCUT2D eigenvalue weighted by atomic mass is 10.1. The van der Waals surface area contributed by atoms with Crippen LogP contribution in [0.3, 0.4) is 0 Å². The Hall–Kier alpha value is -2.61. The molecule has 1 heterocycles. The number of rotatable bonds is 3. The van der Waals surface area contributed by atoms with Crippen LogP contribution in [0.5, 0.6) is 0 Å². The fourth-order valence-corrected chi connectivity index (χ4v) is 2.12. The SMILES string of the molecule is Cn1cccc1C=Nc1ccc(-c2ccccc2)cc1. The van der Waals surface area contributed by atoms with Crippen LogP contribution >= 0.6 is 0 Å². The third kappa shape index (κ3) is 2.69. The van der Waals surface area contributed by atoms with Crippen molar-refractivity contribution in [2.24, 2.45) is 12.0 Å². The van der Waals surface area contributed by atoms with Gasteiger partial charge >= 0.3 is 0 Å². The molecule has 0 saturated heterocycles. The van der Waals surface area contributed by atoms with E-state index in [4.69, 9.17) is 0 Å². The van der Waals surface area contributed by atoms with Gasteiger partial charge < -0.3 is 4.57 Å². The highest BCUT2D eigenvalue weighted by atomic mass is 14.9. The molecule has 0 bridgehead atoms. The summed E-state index contributed by atoms with van der Waals surface area (Å²) in [6.45, 7) is 0. The second kappa shape index (κ2) is 5.57. The maximum absolute atomic E-state index is 4.50. The molecule has 2 heteroatoms. The molecule has 0 saturated carbocycles. The van der Waals surface area contributed by atoms with Crippen LogP contribution in [0.2, 0.25) is 0 Å². The Balaban J connectivity index is 1.80. The van der Waals surface area contributed by atoms with Crippen molar-refractivity contribution in [1.82, 2.24) is 4.57 Å². The van der Waals surface area contributed by atoms with Gasteiger partial charge in [0.25, 0.3) is 0 Å². The first-order chi connectivity index (χ1) is 9.83. The molecular formula is C18H16N2. The molecule has 20 heavy (non-hydrogen) atoms. The predicted molar refractivity (Wildman–Crippen MR) is 84.5 cm³/mol. The molecule has 0 amide bonds. The third-order valence-electron chi connectivity index (χ3n) is 3.30. The van der Waals surface area contributed by atoms with Crippen molar-refractivity contribution in [1.29, 1.82) is 0 Å². The second-order valence-electron chi connectivity index (χ2n) is 4.72. The average Bonchev–Trinajstić information content (AvgIpc) is 2.92. The molecule has 0 unspecified atom stereocenters. The molecular weight excluding hydrogens is 244 g/mol. The van der Waals surface area contributed by atoms with Crippen LogP contribution in [0.4, 0.5) is 5.69 Å². The van der Waals surface area contributed by atoms with Crippen molar-refractivity contribution in [2.45, 2.75) is 0 Å². The third-order valence-corrected chi connectivity index (χ3v) is 3.30. The first-order valence-electron chi connectivity index (χ1n) is 6.64. The summed E-state index contributed by atoms with van der Waals surface area (Å²) < 4.78 is 2.04. The second-order valence-corrected chi connectivity index (χ2v) is 4.72. The number of aliphatic imine (C=N–C) groups is 1. The molecule has 0 aliphatic heterocycles. The van der Waals surface area contributed by atoms with Crippen LogP contribution in [0.1, 0.15) is 5.69 Å². The largest absolute Gasteiger partial charge is 0.350 e. The van der Waals surface area contributed by atoms with Crippen molar-refractivity contribution in [3.63, 3.8) is 0 Å². The first-order valence-corrected chi connectivity index (χ1v) is 6.64. The zero-order valence-corrected chi connectivity index (χ0v) is 11.4. The molecule has 0 spiro atoms. The minimum absolute atomic E-state index is 0.964. The summed E-state index contributed by atoms with van der Waals surface area (Å²) in [7, 11) is 2.01. The molecule has 0 atom stereocenters. The summed E-state index contributed by atoms with van der Waals surface area (Å²) in [5, 5.41) is 0. The lowest BCUT2D eigenvalue weighted by Crippen LogP contribution is -1.91. The van der Waals surface area contributed by atoms with E-state index < -0.39 is 0 Å². The Morgan fingerprint density at radius 2 is 1.50 bits per heavy atom. The quantitative estimate of drug-likeness (QED) is 0.619. The Morgan fingerprint density at radius 1 is 0.800 bits per heavy atom. The summed E-state index contributed by atoms with van der Waals surface area (Å²) in [6, 6.07) is 22.7. The van der Waals surface area contributed by atoms with E-state index in [1.807, 2.05) is 54.4 Å². The molecule has 3 aromatic rings. The van der Waals surface area contributed by atoms with E-state index in [1.54, 1.807) is 0 Å². The van der Waals surface area contributed by atoms with Gasteiger partial charge in [-0.1, -0.05) is 42.5 Å². The molecule has 3 rings (SSSR count). The fourth-order valence-electron chi connectivity index (χ4n) is 2.12. The van der Waals surface area contributed by atoms with Crippen molar-refractivity contribution >= 4 is 11.9 Å². The molecule has 0 aliphatic carbocycles. The van der Waals surface area contributed by atoms with Gasteiger partial charge in [0.1, 0.15) is 0 Å². The van der Waals surface area contributed by atoms with Gasteiger partial charge in [0, 0.05) is 13.2 Å². The molecule has 0 radical (unpaired) electrons. The van der Waals surface area contributed by atoms with E-state index in [0.29, 0.717) is 0 Å². The Kier molecular flexibility index (Phi) is 3.46. The highest BCUT2D eigenvalue weighted by Crippen LogP contribution is 2.22. The van der Waals surface area contributed by atoms with E-state index in [1.165, 1.54) is 11.1 Å². The Bertz CT molecular complexity index is 707. The number of hydrogen-bond donors (Lipinski definition) is 0. The average molecular weight is 260 g/mol. The maximum atomic E-state index is 4.50. The number of hydrogen-bond acceptors (Lipinski definition) is 1. The first kappa shape index (κ1) is 12.4. The van der Waals surface area contributed by atoms with Crippen LogP contribution < -0.4 is 0 Å². The van der Waals surface area contributed by atoms with E-state index in [2.05, 4.69) is 41.4 Å². The molecule has 98 valence electrons. The monoisotopic (exact) mass is 260 g/mol. The van der Waals surface area contributed by atoms with Crippen LogP contribution in [-0.2, 0) is 7.05 Å². The van der Waals surface area contributed by atoms with Crippen LogP contribution in [0.25, 0.3) is 11.1 Å². The summed E-state index contributed by atoms with van der Waals surface area (Å²) in [4.78, 5) is 4.50. The van der Waals surface area contributed by atoms with Crippen LogP contribution in [-0.4, -0.2) is 10.8 Å². The summed E-state index contributed by atoms with van der Waals surface area (Å²) in [5.74, 6) is 0. The van der Waals surface area contributed by atoms with Gasteiger partial charge in [-0.05, 0) is 35.4 Å².